The standard InChI is InChI=1S/C12H7Br3F2S/c13-8(7-5-11(14)18-12(7)15)3-6-1-2-9(16)10(17)4-6/h1-2,4-5,8H,3H2. The van der Waals surface area contributed by atoms with Crippen molar-refractivity contribution in [3.05, 3.63) is 54.6 Å². The molecular formula is C12H7Br3F2S. The summed E-state index contributed by atoms with van der Waals surface area (Å²) in [6, 6.07) is 6.00. The normalized spacial score (nSPS) is 12.7. The number of alkyl halides is 1. The fourth-order valence-electron chi connectivity index (χ4n) is 1.55. The molecule has 2 rings (SSSR count). The highest BCUT2D eigenvalue weighted by molar-refractivity contribution is 9.12. The minimum Gasteiger partial charge on any atom is -0.204 e. The maximum Gasteiger partial charge on any atom is 0.159 e. The van der Waals surface area contributed by atoms with Crippen LogP contribution in [0.2, 0.25) is 0 Å². The zero-order chi connectivity index (χ0) is 13.3. The first kappa shape index (κ1) is 14.6. The molecule has 0 saturated heterocycles. The van der Waals surface area contributed by atoms with Crippen LogP contribution in [0.5, 0.6) is 0 Å². The Kier molecular flexibility index (Phi) is 4.97. The molecule has 0 aliphatic carbocycles. The van der Waals surface area contributed by atoms with Gasteiger partial charge in [-0.1, -0.05) is 22.0 Å². The Morgan fingerprint density at radius 2 is 1.83 bits per heavy atom. The summed E-state index contributed by atoms with van der Waals surface area (Å²) in [6.07, 6.45) is 0.596. The van der Waals surface area contributed by atoms with Crippen LogP contribution in [-0.4, -0.2) is 0 Å². The van der Waals surface area contributed by atoms with Crippen LogP contribution in [0, 0.1) is 11.6 Å². The average molecular weight is 461 g/mol. The van der Waals surface area contributed by atoms with Gasteiger partial charge in [0.05, 0.1) is 7.57 Å². The van der Waals surface area contributed by atoms with E-state index in [1.807, 2.05) is 6.07 Å². The molecule has 1 heterocycles. The van der Waals surface area contributed by atoms with Crippen molar-refractivity contribution in [3.63, 3.8) is 0 Å². The van der Waals surface area contributed by atoms with Crippen molar-refractivity contribution in [2.75, 3.05) is 0 Å². The maximum absolute atomic E-state index is 13.1. The van der Waals surface area contributed by atoms with Gasteiger partial charge in [-0.3, -0.25) is 0 Å². The van der Waals surface area contributed by atoms with E-state index in [2.05, 4.69) is 47.8 Å². The molecule has 0 amide bonds. The Balaban J connectivity index is 2.18. The number of benzene rings is 1. The lowest BCUT2D eigenvalue weighted by atomic mass is 10.1. The largest absolute Gasteiger partial charge is 0.204 e. The minimum absolute atomic E-state index is 0.0549. The zero-order valence-corrected chi connectivity index (χ0v) is 14.5. The van der Waals surface area contributed by atoms with Crippen molar-refractivity contribution in [1.29, 1.82) is 0 Å². The molecule has 0 nitrogen and oxygen atoms in total. The quantitative estimate of drug-likeness (QED) is 0.476. The van der Waals surface area contributed by atoms with Crippen LogP contribution in [0.15, 0.2) is 31.8 Å². The summed E-state index contributed by atoms with van der Waals surface area (Å²) in [5, 5.41) is 0. The lowest BCUT2D eigenvalue weighted by molar-refractivity contribution is 0.507. The summed E-state index contributed by atoms with van der Waals surface area (Å²) >= 11 is 12.1. The van der Waals surface area contributed by atoms with E-state index in [1.165, 1.54) is 6.07 Å². The Bertz CT molecular complexity index is 568. The summed E-state index contributed by atoms with van der Waals surface area (Å²) in [6.45, 7) is 0. The zero-order valence-electron chi connectivity index (χ0n) is 8.89. The van der Waals surface area contributed by atoms with Gasteiger partial charge in [0, 0.05) is 4.83 Å². The molecule has 0 saturated carbocycles. The van der Waals surface area contributed by atoms with Crippen LogP contribution in [0.4, 0.5) is 8.78 Å². The van der Waals surface area contributed by atoms with Gasteiger partial charge in [-0.15, -0.1) is 11.3 Å². The fourth-order valence-corrected chi connectivity index (χ4v) is 5.72. The number of hydrogen-bond acceptors (Lipinski definition) is 1. The van der Waals surface area contributed by atoms with E-state index in [0.717, 1.165) is 24.8 Å². The van der Waals surface area contributed by atoms with Crippen LogP contribution in [0.1, 0.15) is 16.0 Å². The van der Waals surface area contributed by atoms with Crippen LogP contribution >= 0.6 is 59.1 Å². The fraction of sp³-hybridized carbons (Fsp3) is 0.167. The summed E-state index contributed by atoms with van der Waals surface area (Å²) < 4.78 is 28.0. The van der Waals surface area contributed by atoms with Crippen molar-refractivity contribution in [1.82, 2.24) is 0 Å². The molecule has 1 aromatic heterocycles. The molecule has 0 fully saturated rings. The first-order valence-corrected chi connectivity index (χ1v) is 8.32. The summed E-state index contributed by atoms with van der Waals surface area (Å²) in [7, 11) is 0. The lowest BCUT2D eigenvalue weighted by Gasteiger charge is -2.09. The maximum atomic E-state index is 13.1. The third-order valence-electron chi connectivity index (χ3n) is 2.42. The van der Waals surface area contributed by atoms with Crippen molar-refractivity contribution in [3.8, 4) is 0 Å². The molecule has 0 aliphatic heterocycles. The van der Waals surface area contributed by atoms with E-state index in [4.69, 9.17) is 0 Å². The molecule has 0 aliphatic rings. The van der Waals surface area contributed by atoms with Crippen LogP contribution < -0.4 is 0 Å². The number of rotatable bonds is 3. The SMILES string of the molecule is Fc1ccc(CC(Br)c2cc(Br)sc2Br)cc1F. The van der Waals surface area contributed by atoms with E-state index in [1.54, 1.807) is 17.4 Å². The van der Waals surface area contributed by atoms with Crippen LogP contribution in [0.3, 0.4) is 0 Å². The Morgan fingerprint density at radius 1 is 1.11 bits per heavy atom. The van der Waals surface area contributed by atoms with E-state index < -0.39 is 11.6 Å². The summed E-state index contributed by atoms with van der Waals surface area (Å²) in [4.78, 5) is 0.0549. The molecule has 0 N–H and O–H groups in total. The van der Waals surface area contributed by atoms with Crippen LogP contribution in [0.25, 0.3) is 0 Å². The number of thiophene rings is 1. The van der Waals surface area contributed by atoms with Gasteiger partial charge in [0.15, 0.2) is 11.6 Å². The average Bonchev–Trinajstić information content (AvgIpc) is 2.63. The van der Waals surface area contributed by atoms with Crippen molar-refractivity contribution in [2.45, 2.75) is 11.2 Å². The second-order valence-corrected chi connectivity index (χ2v) is 8.55. The summed E-state index contributed by atoms with van der Waals surface area (Å²) in [5.74, 6) is -1.62. The van der Waals surface area contributed by atoms with Gasteiger partial charge in [-0.2, -0.15) is 0 Å². The van der Waals surface area contributed by atoms with E-state index in [0.29, 0.717) is 6.42 Å². The smallest absolute Gasteiger partial charge is 0.159 e. The van der Waals surface area contributed by atoms with Gasteiger partial charge in [-0.05, 0) is 67.6 Å². The molecule has 96 valence electrons. The highest BCUT2D eigenvalue weighted by atomic mass is 79.9. The topological polar surface area (TPSA) is 0 Å². The van der Waals surface area contributed by atoms with Gasteiger partial charge in [-0.25, -0.2) is 8.78 Å². The minimum atomic E-state index is -0.815. The van der Waals surface area contributed by atoms with Gasteiger partial charge < -0.3 is 0 Å². The predicted molar refractivity (Wildman–Crippen MR) is 81.4 cm³/mol. The molecule has 0 radical (unpaired) electrons. The first-order chi connectivity index (χ1) is 8.47. The highest BCUT2D eigenvalue weighted by Gasteiger charge is 2.15. The van der Waals surface area contributed by atoms with Gasteiger partial charge >= 0.3 is 0 Å². The molecule has 6 heteroatoms. The lowest BCUT2D eigenvalue weighted by Crippen LogP contribution is -1.96. The summed E-state index contributed by atoms with van der Waals surface area (Å²) in [5.41, 5.74) is 1.85. The van der Waals surface area contributed by atoms with E-state index in [-0.39, 0.29) is 4.83 Å². The molecule has 2 aromatic rings. The van der Waals surface area contributed by atoms with Gasteiger partial charge in [0.25, 0.3) is 0 Å². The number of halogens is 5. The Labute approximate surface area is 133 Å². The van der Waals surface area contributed by atoms with E-state index in [9.17, 15) is 8.78 Å². The second-order valence-electron chi connectivity index (χ2n) is 3.70. The molecule has 1 atom stereocenters. The molecule has 1 aromatic carbocycles. The van der Waals surface area contributed by atoms with Crippen molar-refractivity contribution >= 4 is 59.1 Å². The number of hydrogen-bond donors (Lipinski definition) is 0. The molecule has 0 spiro atoms. The predicted octanol–water partition coefficient (Wildman–Crippen LogP) is 6.23. The Hall–Kier alpha value is 0.220. The van der Waals surface area contributed by atoms with Crippen molar-refractivity contribution < 1.29 is 8.78 Å². The van der Waals surface area contributed by atoms with Crippen molar-refractivity contribution in [2.24, 2.45) is 0 Å². The third-order valence-corrected chi connectivity index (χ3v) is 5.62. The first-order valence-electron chi connectivity index (χ1n) is 5.00. The van der Waals surface area contributed by atoms with E-state index >= 15 is 0 Å². The second kappa shape index (κ2) is 6.11. The van der Waals surface area contributed by atoms with Crippen LogP contribution in [-0.2, 0) is 6.42 Å². The highest BCUT2D eigenvalue weighted by Crippen LogP contribution is 2.40. The third kappa shape index (κ3) is 3.40. The van der Waals surface area contributed by atoms with Gasteiger partial charge in [0.2, 0.25) is 0 Å². The molecular weight excluding hydrogens is 454 g/mol. The van der Waals surface area contributed by atoms with Gasteiger partial charge in [0.1, 0.15) is 0 Å². The Morgan fingerprint density at radius 3 is 2.39 bits per heavy atom. The molecule has 0 bridgehead atoms. The molecule has 1 unspecified atom stereocenters. The molecule has 18 heavy (non-hydrogen) atoms. The monoisotopic (exact) mass is 458 g/mol.